The number of ether oxygens (including phenoxy) is 1. The Morgan fingerprint density at radius 3 is 2.50 bits per heavy atom. The third-order valence-corrected chi connectivity index (χ3v) is 2.38. The Balaban J connectivity index is 2.90. The molecule has 1 amide bonds. The zero-order chi connectivity index (χ0) is 13.7. The van der Waals surface area contributed by atoms with E-state index in [0.29, 0.717) is 11.3 Å². The van der Waals surface area contributed by atoms with Crippen molar-refractivity contribution >= 4 is 5.91 Å². The lowest BCUT2D eigenvalue weighted by molar-refractivity contribution is -0.121. The number of para-hydroxylation sites is 1. The van der Waals surface area contributed by atoms with Crippen LogP contribution >= 0.6 is 0 Å². The van der Waals surface area contributed by atoms with Gasteiger partial charge in [0.05, 0.1) is 18.6 Å². The molecular weight excluding hydrogens is 234 g/mol. The van der Waals surface area contributed by atoms with E-state index in [1.54, 1.807) is 24.3 Å². The Morgan fingerprint density at radius 2 is 1.94 bits per heavy atom. The molecule has 5 heteroatoms. The van der Waals surface area contributed by atoms with E-state index in [0.717, 1.165) is 0 Å². The first-order valence-corrected chi connectivity index (χ1v) is 5.81. The number of hydrogen-bond donors (Lipinski definition) is 3. The van der Waals surface area contributed by atoms with Crippen molar-refractivity contribution in [2.75, 3.05) is 0 Å². The zero-order valence-corrected chi connectivity index (χ0v) is 10.5. The van der Waals surface area contributed by atoms with Crippen molar-refractivity contribution in [1.29, 1.82) is 0 Å². The van der Waals surface area contributed by atoms with Crippen LogP contribution in [-0.4, -0.2) is 28.3 Å². The maximum Gasteiger partial charge on any atom is 0.220 e. The monoisotopic (exact) mass is 253 g/mol. The molecule has 1 rings (SSSR count). The first-order valence-electron chi connectivity index (χ1n) is 5.81. The van der Waals surface area contributed by atoms with E-state index < -0.39 is 18.1 Å². The van der Waals surface area contributed by atoms with Crippen LogP contribution in [0.5, 0.6) is 5.75 Å². The SMILES string of the molecule is CC(C)Oc1ccccc1C(O)C(O)CC(N)=O. The lowest BCUT2D eigenvalue weighted by Crippen LogP contribution is -2.26. The van der Waals surface area contributed by atoms with Crippen LogP contribution in [0, 0.1) is 0 Å². The number of aliphatic hydroxyl groups excluding tert-OH is 2. The molecule has 0 radical (unpaired) electrons. The summed E-state index contributed by atoms with van der Waals surface area (Å²) in [6, 6.07) is 6.85. The fraction of sp³-hybridized carbons (Fsp3) is 0.462. The summed E-state index contributed by atoms with van der Waals surface area (Å²) in [5.41, 5.74) is 5.43. The van der Waals surface area contributed by atoms with E-state index in [1.807, 2.05) is 13.8 Å². The lowest BCUT2D eigenvalue weighted by Gasteiger charge is -2.21. The van der Waals surface area contributed by atoms with Crippen LogP contribution in [0.4, 0.5) is 0 Å². The Labute approximate surface area is 106 Å². The van der Waals surface area contributed by atoms with Crippen molar-refractivity contribution in [1.82, 2.24) is 0 Å². The highest BCUT2D eigenvalue weighted by atomic mass is 16.5. The van der Waals surface area contributed by atoms with E-state index in [1.165, 1.54) is 0 Å². The van der Waals surface area contributed by atoms with E-state index >= 15 is 0 Å². The van der Waals surface area contributed by atoms with Crippen LogP contribution in [0.25, 0.3) is 0 Å². The topological polar surface area (TPSA) is 92.8 Å². The van der Waals surface area contributed by atoms with Gasteiger partial charge in [-0.05, 0) is 19.9 Å². The van der Waals surface area contributed by atoms with Crippen LogP contribution in [0.1, 0.15) is 31.9 Å². The van der Waals surface area contributed by atoms with E-state index in [9.17, 15) is 15.0 Å². The molecule has 4 N–H and O–H groups in total. The number of hydrogen-bond acceptors (Lipinski definition) is 4. The molecule has 0 fully saturated rings. The number of aliphatic hydroxyl groups is 2. The molecule has 1 aromatic rings. The summed E-state index contributed by atoms with van der Waals surface area (Å²) in [5, 5.41) is 19.7. The van der Waals surface area contributed by atoms with Crippen molar-refractivity contribution in [2.45, 2.75) is 38.6 Å². The second kappa shape index (κ2) is 6.37. The molecule has 2 atom stereocenters. The van der Waals surface area contributed by atoms with Gasteiger partial charge >= 0.3 is 0 Å². The third kappa shape index (κ3) is 4.01. The van der Waals surface area contributed by atoms with Crippen LogP contribution in [0.15, 0.2) is 24.3 Å². The molecule has 2 unspecified atom stereocenters. The first kappa shape index (κ1) is 14.5. The number of carbonyl (C=O) groups excluding carboxylic acids is 1. The average Bonchev–Trinajstić information content (AvgIpc) is 2.27. The number of rotatable bonds is 6. The number of amides is 1. The largest absolute Gasteiger partial charge is 0.491 e. The van der Waals surface area contributed by atoms with Crippen molar-refractivity contribution in [3.63, 3.8) is 0 Å². The van der Waals surface area contributed by atoms with Crippen LogP contribution < -0.4 is 10.5 Å². The highest BCUT2D eigenvalue weighted by Crippen LogP contribution is 2.28. The number of carbonyl (C=O) groups is 1. The molecule has 0 aliphatic rings. The summed E-state index contributed by atoms with van der Waals surface area (Å²) in [4.78, 5) is 10.7. The van der Waals surface area contributed by atoms with Gasteiger partial charge in [-0.15, -0.1) is 0 Å². The van der Waals surface area contributed by atoms with Gasteiger partial charge in [0.2, 0.25) is 5.91 Å². The van der Waals surface area contributed by atoms with E-state index in [-0.39, 0.29) is 12.5 Å². The normalized spacial score (nSPS) is 14.3. The molecule has 18 heavy (non-hydrogen) atoms. The minimum atomic E-state index is -1.24. The zero-order valence-electron chi connectivity index (χ0n) is 10.5. The van der Waals surface area contributed by atoms with E-state index in [4.69, 9.17) is 10.5 Å². The molecule has 0 heterocycles. The van der Waals surface area contributed by atoms with Gasteiger partial charge in [-0.25, -0.2) is 0 Å². The summed E-state index contributed by atoms with van der Waals surface area (Å²) in [6.07, 6.45) is -2.78. The van der Waals surface area contributed by atoms with Gasteiger partial charge in [-0.1, -0.05) is 18.2 Å². The third-order valence-electron chi connectivity index (χ3n) is 2.38. The molecule has 0 spiro atoms. The summed E-state index contributed by atoms with van der Waals surface area (Å²) in [6.45, 7) is 3.73. The number of primary amides is 1. The summed E-state index contributed by atoms with van der Waals surface area (Å²) < 4.78 is 5.53. The van der Waals surface area contributed by atoms with Gasteiger partial charge < -0.3 is 20.7 Å². The number of benzene rings is 1. The summed E-state index contributed by atoms with van der Waals surface area (Å²) >= 11 is 0. The van der Waals surface area contributed by atoms with Crippen molar-refractivity contribution in [2.24, 2.45) is 5.73 Å². The van der Waals surface area contributed by atoms with Crippen molar-refractivity contribution < 1.29 is 19.7 Å². The fourth-order valence-electron chi connectivity index (χ4n) is 1.61. The minimum Gasteiger partial charge on any atom is -0.491 e. The van der Waals surface area contributed by atoms with Gasteiger partial charge in [0.1, 0.15) is 11.9 Å². The van der Waals surface area contributed by atoms with Gasteiger partial charge in [-0.2, -0.15) is 0 Å². The molecule has 100 valence electrons. The van der Waals surface area contributed by atoms with Crippen molar-refractivity contribution in [3.8, 4) is 5.75 Å². The molecule has 1 aromatic carbocycles. The molecule has 0 saturated heterocycles. The minimum absolute atomic E-state index is 0.0494. The van der Waals surface area contributed by atoms with Crippen molar-refractivity contribution in [3.05, 3.63) is 29.8 Å². The van der Waals surface area contributed by atoms with Crippen LogP contribution in [-0.2, 0) is 4.79 Å². The predicted octanol–water partition coefficient (Wildman–Crippen LogP) is 0.744. The highest BCUT2D eigenvalue weighted by Gasteiger charge is 2.23. The van der Waals surface area contributed by atoms with Crippen LogP contribution in [0.3, 0.4) is 0 Å². The standard InChI is InChI=1S/C13H19NO4/c1-8(2)18-11-6-4-3-5-9(11)13(17)10(15)7-12(14)16/h3-6,8,10,13,15,17H,7H2,1-2H3,(H2,14,16). The van der Waals surface area contributed by atoms with E-state index in [2.05, 4.69) is 0 Å². The van der Waals surface area contributed by atoms with Gasteiger partial charge in [0.15, 0.2) is 0 Å². The van der Waals surface area contributed by atoms with Gasteiger partial charge in [0, 0.05) is 5.56 Å². The highest BCUT2D eigenvalue weighted by molar-refractivity contribution is 5.74. The first-order chi connectivity index (χ1) is 8.41. The predicted molar refractivity (Wildman–Crippen MR) is 67.0 cm³/mol. The second-order valence-electron chi connectivity index (χ2n) is 4.39. The molecule has 0 aliphatic heterocycles. The van der Waals surface area contributed by atoms with Crippen LogP contribution in [0.2, 0.25) is 0 Å². The molecule has 0 aliphatic carbocycles. The van der Waals surface area contributed by atoms with Gasteiger partial charge in [0.25, 0.3) is 0 Å². The number of nitrogens with two attached hydrogens (primary N) is 1. The summed E-state index contributed by atoms with van der Waals surface area (Å²) in [5.74, 6) is -0.174. The molecule has 5 nitrogen and oxygen atoms in total. The Bertz CT molecular complexity index is 406. The maximum absolute atomic E-state index is 10.7. The second-order valence-corrected chi connectivity index (χ2v) is 4.39. The smallest absolute Gasteiger partial charge is 0.220 e. The average molecular weight is 253 g/mol. The lowest BCUT2D eigenvalue weighted by atomic mass is 10.0. The van der Waals surface area contributed by atoms with Gasteiger partial charge in [-0.3, -0.25) is 4.79 Å². The maximum atomic E-state index is 10.7. The summed E-state index contributed by atoms with van der Waals surface area (Å²) in [7, 11) is 0. The fourth-order valence-corrected chi connectivity index (χ4v) is 1.61. The molecule has 0 aromatic heterocycles. The Kier molecular flexibility index (Phi) is 5.12. The quantitative estimate of drug-likeness (QED) is 0.697. The molecular formula is C13H19NO4. The Morgan fingerprint density at radius 1 is 1.33 bits per heavy atom. The molecule has 0 bridgehead atoms. The molecule has 0 saturated carbocycles. The Hall–Kier alpha value is -1.59.